The quantitative estimate of drug-likeness (QED) is 0.793. The van der Waals surface area contributed by atoms with Crippen LogP contribution in [0.15, 0.2) is 23.1 Å². The Morgan fingerprint density at radius 1 is 1.25 bits per heavy atom. The molecule has 0 spiro atoms. The maximum absolute atomic E-state index is 12.3. The van der Waals surface area contributed by atoms with Crippen LogP contribution in [0.25, 0.3) is 0 Å². The van der Waals surface area contributed by atoms with E-state index in [4.69, 9.17) is 17.3 Å². The summed E-state index contributed by atoms with van der Waals surface area (Å²) in [6.45, 7) is 0.526. The lowest BCUT2D eigenvalue weighted by atomic mass is 9.99. The number of halogens is 1. The van der Waals surface area contributed by atoms with Gasteiger partial charge < -0.3 is 5.73 Å². The van der Waals surface area contributed by atoms with E-state index in [1.807, 2.05) is 0 Å². The largest absolute Gasteiger partial charge is 0.399 e. The average Bonchev–Trinajstić information content (AvgIpc) is 3.23. The van der Waals surface area contributed by atoms with Crippen LogP contribution in [0.2, 0.25) is 5.02 Å². The third-order valence-electron chi connectivity index (χ3n) is 4.21. The number of nitrogen functional groups attached to an aromatic ring is 1. The van der Waals surface area contributed by atoms with Crippen LogP contribution in [0.1, 0.15) is 25.7 Å². The van der Waals surface area contributed by atoms with Crippen molar-refractivity contribution in [1.29, 1.82) is 0 Å². The second-order valence-electron chi connectivity index (χ2n) is 5.88. The summed E-state index contributed by atoms with van der Waals surface area (Å²) < 4.78 is 27.4. The number of benzene rings is 1. The van der Waals surface area contributed by atoms with Crippen molar-refractivity contribution in [2.75, 3.05) is 12.3 Å². The van der Waals surface area contributed by atoms with Gasteiger partial charge in [-0.1, -0.05) is 11.6 Å². The Kier molecular flexibility index (Phi) is 3.69. The predicted molar refractivity (Wildman–Crippen MR) is 80.0 cm³/mol. The molecule has 1 aromatic rings. The molecular formula is C14H19ClN2O2S. The second-order valence-corrected chi connectivity index (χ2v) is 8.02. The first kappa shape index (κ1) is 14.2. The molecule has 2 saturated carbocycles. The topological polar surface area (TPSA) is 72.2 Å². The van der Waals surface area contributed by atoms with Gasteiger partial charge in [0.15, 0.2) is 0 Å². The molecule has 0 amide bonds. The lowest BCUT2D eigenvalue weighted by Gasteiger charge is -2.16. The SMILES string of the molecule is Nc1ccc(S(=O)(=O)NCC(C2CC2)C2CC2)c(Cl)c1. The lowest BCUT2D eigenvalue weighted by molar-refractivity contribution is 0.401. The molecule has 2 aliphatic carbocycles. The third-order valence-corrected chi connectivity index (χ3v) is 6.12. The molecule has 1 aromatic carbocycles. The van der Waals surface area contributed by atoms with Gasteiger partial charge >= 0.3 is 0 Å². The van der Waals surface area contributed by atoms with Crippen molar-refractivity contribution in [2.24, 2.45) is 17.8 Å². The van der Waals surface area contributed by atoms with E-state index in [-0.39, 0.29) is 9.92 Å². The standard InChI is InChI=1S/C14H19ClN2O2S/c15-13-7-11(16)5-6-14(13)20(18,19)17-8-12(9-1-2-9)10-3-4-10/h5-7,9-10,12,17H,1-4,8,16H2. The fraction of sp³-hybridized carbons (Fsp3) is 0.571. The molecule has 0 aliphatic heterocycles. The van der Waals surface area contributed by atoms with Gasteiger partial charge in [-0.15, -0.1) is 0 Å². The molecule has 0 radical (unpaired) electrons. The van der Waals surface area contributed by atoms with E-state index in [2.05, 4.69) is 4.72 Å². The Bertz CT molecular complexity index is 598. The number of nitrogens with two attached hydrogens (primary N) is 1. The van der Waals surface area contributed by atoms with Gasteiger partial charge in [0.05, 0.1) is 5.02 Å². The van der Waals surface area contributed by atoms with E-state index >= 15 is 0 Å². The number of hydrogen-bond acceptors (Lipinski definition) is 3. The number of anilines is 1. The first-order valence-electron chi connectivity index (χ1n) is 7.02. The van der Waals surface area contributed by atoms with Crippen molar-refractivity contribution in [2.45, 2.75) is 30.6 Å². The van der Waals surface area contributed by atoms with Crippen LogP contribution in [0.5, 0.6) is 0 Å². The smallest absolute Gasteiger partial charge is 0.242 e. The fourth-order valence-corrected chi connectivity index (χ4v) is 4.41. The molecule has 2 fully saturated rings. The summed E-state index contributed by atoms with van der Waals surface area (Å²) in [5.74, 6) is 1.93. The van der Waals surface area contributed by atoms with Gasteiger partial charge in [0.1, 0.15) is 4.90 Å². The zero-order chi connectivity index (χ0) is 14.3. The second kappa shape index (κ2) is 5.20. The van der Waals surface area contributed by atoms with E-state index in [1.165, 1.54) is 37.8 Å². The molecular weight excluding hydrogens is 296 g/mol. The molecule has 110 valence electrons. The molecule has 4 nitrogen and oxygen atoms in total. The van der Waals surface area contributed by atoms with Crippen molar-refractivity contribution in [3.63, 3.8) is 0 Å². The molecule has 0 saturated heterocycles. The van der Waals surface area contributed by atoms with E-state index in [0.717, 1.165) is 0 Å². The van der Waals surface area contributed by atoms with Crippen LogP contribution in [-0.4, -0.2) is 15.0 Å². The minimum Gasteiger partial charge on any atom is -0.399 e. The van der Waals surface area contributed by atoms with Gasteiger partial charge in [0, 0.05) is 12.2 Å². The van der Waals surface area contributed by atoms with Gasteiger partial charge in [-0.25, -0.2) is 13.1 Å². The minimum absolute atomic E-state index is 0.110. The van der Waals surface area contributed by atoms with Gasteiger partial charge in [-0.2, -0.15) is 0 Å². The van der Waals surface area contributed by atoms with Crippen LogP contribution in [0, 0.1) is 17.8 Å². The maximum Gasteiger partial charge on any atom is 0.242 e. The summed E-state index contributed by atoms with van der Waals surface area (Å²) in [6.07, 6.45) is 4.97. The molecule has 2 aliphatic rings. The Morgan fingerprint density at radius 2 is 1.85 bits per heavy atom. The van der Waals surface area contributed by atoms with Crippen molar-refractivity contribution >= 4 is 27.3 Å². The van der Waals surface area contributed by atoms with E-state index in [0.29, 0.717) is 30.0 Å². The normalized spacial score (nSPS) is 19.5. The summed E-state index contributed by atoms with van der Waals surface area (Å²) in [6, 6.07) is 4.48. The Balaban J connectivity index is 1.71. The van der Waals surface area contributed by atoms with Crippen molar-refractivity contribution in [1.82, 2.24) is 4.72 Å². The summed E-state index contributed by atoms with van der Waals surface area (Å²) in [5, 5.41) is 0.173. The summed E-state index contributed by atoms with van der Waals surface area (Å²) in [4.78, 5) is 0.110. The molecule has 6 heteroatoms. The fourth-order valence-electron chi connectivity index (χ4n) is 2.79. The average molecular weight is 315 g/mol. The number of nitrogens with one attached hydrogen (secondary N) is 1. The van der Waals surface area contributed by atoms with Gasteiger partial charge in [0.2, 0.25) is 10.0 Å². The molecule has 0 aromatic heterocycles. The monoisotopic (exact) mass is 314 g/mol. The molecule has 20 heavy (non-hydrogen) atoms. The van der Waals surface area contributed by atoms with Crippen LogP contribution in [0.4, 0.5) is 5.69 Å². The molecule has 0 unspecified atom stereocenters. The van der Waals surface area contributed by atoms with E-state index in [9.17, 15) is 8.42 Å². The Hall–Kier alpha value is -0.780. The van der Waals surface area contributed by atoms with Crippen LogP contribution in [-0.2, 0) is 10.0 Å². The first-order chi connectivity index (χ1) is 9.47. The third kappa shape index (κ3) is 3.10. The molecule has 3 N–H and O–H groups in total. The first-order valence-corrected chi connectivity index (χ1v) is 8.88. The highest BCUT2D eigenvalue weighted by Crippen LogP contribution is 2.48. The highest BCUT2D eigenvalue weighted by molar-refractivity contribution is 7.89. The molecule has 0 bridgehead atoms. The zero-order valence-corrected chi connectivity index (χ0v) is 12.8. The Labute approximate surface area is 124 Å². The van der Waals surface area contributed by atoms with Gasteiger partial charge in [-0.3, -0.25) is 0 Å². The number of rotatable bonds is 6. The lowest BCUT2D eigenvalue weighted by Crippen LogP contribution is -2.31. The summed E-state index contributed by atoms with van der Waals surface area (Å²) >= 11 is 5.98. The predicted octanol–water partition coefficient (Wildman–Crippen LogP) is 2.64. The van der Waals surface area contributed by atoms with Crippen LogP contribution < -0.4 is 10.5 Å². The van der Waals surface area contributed by atoms with Gasteiger partial charge in [0.25, 0.3) is 0 Å². The van der Waals surface area contributed by atoms with Crippen molar-refractivity contribution in [3.8, 4) is 0 Å². The van der Waals surface area contributed by atoms with Crippen LogP contribution in [0.3, 0.4) is 0 Å². The zero-order valence-electron chi connectivity index (χ0n) is 11.2. The Morgan fingerprint density at radius 3 is 2.35 bits per heavy atom. The van der Waals surface area contributed by atoms with Gasteiger partial charge in [-0.05, 0) is 61.6 Å². The highest BCUT2D eigenvalue weighted by atomic mass is 35.5. The minimum atomic E-state index is -3.55. The number of sulfonamides is 1. The van der Waals surface area contributed by atoms with E-state index in [1.54, 1.807) is 6.07 Å². The summed E-state index contributed by atoms with van der Waals surface area (Å²) in [5.41, 5.74) is 6.05. The molecule has 0 heterocycles. The van der Waals surface area contributed by atoms with E-state index < -0.39 is 10.0 Å². The molecule has 3 rings (SSSR count). The number of hydrogen-bond donors (Lipinski definition) is 2. The molecule has 0 atom stereocenters. The summed E-state index contributed by atoms with van der Waals surface area (Å²) in [7, 11) is -3.55. The highest BCUT2D eigenvalue weighted by Gasteiger charge is 2.41. The van der Waals surface area contributed by atoms with Crippen molar-refractivity contribution in [3.05, 3.63) is 23.2 Å². The van der Waals surface area contributed by atoms with Crippen LogP contribution >= 0.6 is 11.6 Å². The van der Waals surface area contributed by atoms with Crippen molar-refractivity contribution < 1.29 is 8.42 Å². The maximum atomic E-state index is 12.3.